The summed E-state index contributed by atoms with van der Waals surface area (Å²) in [5.74, 6) is 0. The highest BCUT2D eigenvalue weighted by molar-refractivity contribution is 5.07. The summed E-state index contributed by atoms with van der Waals surface area (Å²) in [6.45, 7) is 6.26. The lowest BCUT2D eigenvalue weighted by molar-refractivity contribution is -0.866. The molecule has 0 saturated heterocycles. The molecule has 3 heterocycles. The normalized spacial score (nSPS) is 13.8. The molecule has 0 N–H and O–H groups in total. The Morgan fingerprint density at radius 1 is 0.875 bits per heavy atom. The number of aryl methyl sites for hydroxylation is 2. The molecule has 0 atom stereocenters. The van der Waals surface area contributed by atoms with Crippen LogP contribution in [0.1, 0.15) is 22.8 Å². The van der Waals surface area contributed by atoms with Crippen molar-refractivity contribution in [2.45, 2.75) is 26.9 Å². The second-order valence-electron chi connectivity index (χ2n) is 4.72. The zero-order valence-electron chi connectivity index (χ0n) is 10.4. The van der Waals surface area contributed by atoms with Gasteiger partial charge in [0.15, 0.2) is 0 Å². The number of nitrogens with zero attached hydrogens (tertiary/aromatic N) is 4. The van der Waals surface area contributed by atoms with E-state index in [0.717, 1.165) is 13.1 Å². The molecule has 0 bridgehead atoms. The fourth-order valence-corrected chi connectivity index (χ4v) is 2.56. The van der Waals surface area contributed by atoms with Crippen LogP contribution in [0.25, 0.3) is 0 Å². The first kappa shape index (κ1) is 9.63. The molecule has 0 saturated carbocycles. The number of aromatic nitrogens is 4. The van der Waals surface area contributed by atoms with E-state index in [0.29, 0.717) is 0 Å². The van der Waals surface area contributed by atoms with Crippen LogP contribution in [0.4, 0.5) is 0 Å². The van der Waals surface area contributed by atoms with Crippen molar-refractivity contribution in [2.75, 3.05) is 0 Å². The van der Waals surface area contributed by atoms with E-state index >= 15 is 0 Å². The van der Waals surface area contributed by atoms with E-state index in [1.165, 1.54) is 22.8 Å². The summed E-state index contributed by atoms with van der Waals surface area (Å²) >= 11 is 0. The van der Waals surface area contributed by atoms with Gasteiger partial charge in [0.25, 0.3) is 24.5 Å². The third kappa shape index (κ3) is 1.10. The lowest BCUT2D eigenvalue weighted by Gasteiger charge is -2.05. The van der Waals surface area contributed by atoms with Crippen LogP contribution < -0.4 is 9.36 Å². The van der Waals surface area contributed by atoms with Gasteiger partial charge in [-0.1, -0.05) is 9.36 Å². The second kappa shape index (κ2) is 2.97. The van der Waals surface area contributed by atoms with Gasteiger partial charge in [0.1, 0.15) is 0 Å². The summed E-state index contributed by atoms with van der Waals surface area (Å²) < 4.78 is 9.18. The van der Waals surface area contributed by atoms with Crippen molar-refractivity contribution in [1.29, 1.82) is 0 Å². The highest BCUT2D eigenvalue weighted by atomic mass is 15.5. The molecule has 0 fully saturated rings. The first-order valence-electron chi connectivity index (χ1n) is 5.68. The van der Waals surface area contributed by atoms with Crippen LogP contribution in [0.5, 0.6) is 0 Å². The molecule has 0 aliphatic carbocycles. The van der Waals surface area contributed by atoms with E-state index in [4.69, 9.17) is 0 Å². The van der Waals surface area contributed by atoms with Crippen LogP contribution in [0.3, 0.4) is 0 Å². The minimum Gasteiger partial charge on any atom is -0.160 e. The summed E-state index contributed by atoms with van der Waals surface area (Å²) in [5, 5.41) is 0. The number of hydrogen-bond donors (Lipinski definition) is 0. The average Bonchev–Trinajstić information content (AvgIpc) is 2.67. The van der Waals surface area contributed by atoms with Crippen LogP contribution in [0.2, 0.25) is 0 Å². The molecule has 2 aromatic rings. The largest absolute Gasteiger partial charge is 0.276 e. The molecule has 4 nitrogen and oxygen atoms in total. The van der Waals surface area contributed by atoms with Crippen molar-refractivity contribution < 1.29 is 9.36 Å². The molecule has 4 heteroatoms. The third-order valence-electron chi connectivity index (χ3n) is 3.78. The molecular formula is C12H18N4+2. The molecule has 2 aromatic heterocycles. The number of rotatable bonds is 0. The molecule has 16 heavy (non-hydrogen) atoms. The van der Waals surface area contributed by atoms with E-state index in [1.54, 1.807) is 0 Å². The van der Waals surface area contributed by atoms with Gasteiger partial charge >= 0.3 is 0 Å². The van der Waals surface area contributed by atoms with Crippen LogP contribution in [-0.4, -0.2) is 9.36 Å². The van der Waals surface area contributed by atoms with Gasteiger partial charge in [0.2, 0.25) is 0 Å². The third-order valence-corrected chi connectivity index (χ3v) is 3.78. The van der Waals surface area contributed by atoms with Gasteiger partial charge in [-0.3, -0.25) is 0 Å². The molecule has 1 aliphatic heterocycles. The quantitative estimate of drug-likeness (QED) is 0.471. The van der Waals surface area contributed by atoms with Gasteiger partial charge in [-0.25, -0.2) is 0 Å². The van der Waals surface area contributed by atoms with E-state index in [9.17, 15) is 0 Å². The minimum absolute atomic E-state index is 0.974. The maximum atomic E-state index is 2.35. The van der Waals surface area contributed by atoms with Crippen LogP contribution >= 0.6 is 0 Å². The Kier molecular flexibility index (Phi) is 1.79. The Labute approximate surface area is 95.3 Å². The standard InChI is InChI=1S/C12H18N4/c1-9-5-11-7-16-12(6-10(2)14(16)4)8-15(11)13(9)3/h5-6H,7-8H2,1-4H3/q+2. The van der Waals surface area contributed by atoms with Gasteiger partial charge in [-0.05, 0) is 13.8 Å². The van der Waals surface area contributed by atoms with Crippen LogP contribution in [0, 0.1) is 13.8 Å². The summed E-state index contributed by atoms with van der Waals surface area (Å²) in [4.78, 5) is 0. The Morgan fingerprint density at radius 3 is 1.62 bits per heavy atom. The molecule has 3 rings (SSSR count). The van der Waals surface area contributed by atoms with Crippen molar-refractivity contribution in [3.63, 3.8) is 0 Å². The fourth-order valence-electron chi connectivity index (χ4n) is 2.56. The first-order valence-corrected chi connectivity index (χ1v) is 5.68. The van der Waals surface area contributed by atoms with Gasteiger partial charge in [-0.15, -0.1) is 0 Å². The van der Waals surface area contributed by atoms with E-state index in [2.05, 4.69) is 58.8 Å². The van der Waals surface area contributed by atoms with Crippen molar-refractivity contribution >= 4 is 0 Å². The smallest absolute Gasteiger partial charge is 0.160 e. The van der Waals surface area contributed by atoms with Gasteiger partial charge in [0.05, 0.1) is 25.5 Å². The molecule has 0 radical (unpaired) electrons. The summed E-state index contributed by atoms with van der Waals surface area (Å²) in [6.07, 6.45) is 0. The SMILES string of the molecule is Cc1cc2[n+](n1C)Cc1cc(C)n(C)[n+]1C2. The van der Waals surface area contributed by atoms with Crippen molar-refractivity contribution in [3.8, 4) is 0 Å². The number of hydrogen-bond acceptors (Lipinski definition) is 0. The Hall–Kier alpha value is -1.58. The van der Waals surface area contributed by atoms with Gasteiger partial charge < -0.3 is 0 Å². The molecule has 0 unspecified atom stereocenters. The van der Waals surface area contributed by atoms with Crippen molar-refractivity contribution in [2.24, 2.45) is 14.1 Å². The Bertz CT molecular complexity index is 522. The maximum Gasteiger partial charge on any atom is 0.276 e. The molecule has 84 valence electrons. The number of fused-ring (bicyclic) bond motifs is 2. The maximum absolute atomic E-state index is 2.35. The van der Waals surface area contributed by atoms with Gasteiger partial charge in [-0.2, -0.15) is 9.36 Å². The van der Waals surface area contributed by atoms with Gasteiger partial charge in [0, 0.05) is 12.1 Å². The Morgan fingerprint density at radius 2 is 1.25 bits per heavy atom. The second-order valence-corrected chi connectivity index (χ2v) is 4.72. The molecule has 0 spiro atoms. The summed E-state index contributed by atoms with van der Waals surface area (Å²) in [5.41, 5.74) is 5.41. The van der Waals surface area contributed by atoms with E-state index in [1.807, 2.05) is 0 Å². The Balaban J connectivity index is 2.16. The fraction of sp³-hybridized carbons (Fsp3) is 0.500. The molecule has 1 aliphatic rings. The zero-order valence-corrected chi connectivity index (χ0v) is 10.4. The predicted molar refractivity (Wildman–Crippen MR) is 58.9 cm³/mol. The summed E-state index contributed by atoms with van der Waals surface area (Å²) in [7, 11) is 4.26. The highest BCUT2D eigenvalue weighted by Crippen LogP contribution is 2.08. The lowest BCUT2D eigenvalue weighted by Crippen LogP contribution is -2.59. The topological polar surface area (TPSA) is 17.6 Å². The van der Waals surface area contributed by atoms with Crippen LogP contribution in [-0.2, 0) is 27.2 Å². The van der Waals surface area contributed by atoms with Crippen molar-refractivity contribution in [1.82, 2.24) is 9.36 Å². The minimum atomic E-state index is 0.974. The average molecular weight is 218 g/mol. The van der Waals surface area contributed by atoms with Crippen molar-refractivity contribution in [3.05, 3.63) is 34.9 Å². The van der Waals surface area contributed by atoms with E-state index in [-0.39, 0.29) is 0 Å². The molecule has 0 aromatic carbocycles. The monoisotopic (exact) mass is 218 g/mol. The molecule has 0 amide bonds. The zero-order chi connectivity index (χ0) is 11.4. The predicted octanol–water partition coefficient (Wildman–Crippen LogP) is -0.0346. The highest BCUT2D eigenvalue weighted by Gasteiger charge is 2.35. The van der Waals surface area contributed by atoms with Crippen LogP contribution in [0.15, 0.2) is 12.1 Å². The lowest BCUT2D eigenvalue weighted by atomic mass is 10.3. The molecular weight excluding hydrogens is 200 g/mol. The van der Waals surface area contributed by atoms with E-state index < -0.39 is 0 Å². The summed E-state index contributed by atoms with van der Waals surface area (Å²) in [6, 6.07) is 4.55. The first-order chi connectivity index (χ1) is 7.58.